The maximum atomic E-state index is 11.0. The van der Waals surface area contributed by atoms with Gasteiger partial charge in [0.2, 0.25) is 0 Å². The molecule has 0 bridgehead atoms. The van der Waals surface area contributed by atoms with E-state index in [1.807, 2.05) is 0 Å². The van der Waals surface area contributed by atoms with Crippen LogP contribution < -0.4 is 4.74 Å². The van der Waals surface area contributed by atoms with Gasteiger partial charge in [0.15, 0.2) is 0 Å². The second-order valence-electron chi connectivity index (χ2n) is 4.41. The lowest BCUT2D eigenvalue weighted by Gasteiger charge is -2.02. The van der Waals surface area contributed by atoms with Gasteiger partial charge in [-0.3, -0.25) is 4.99 Å². The number of hydrogen-bond acceptors (Lipinski definition) is 4. The zero-order valence-corrected chi connectivity index (χ0v) is 11.7. The zero-order valence-electron chi connectivity index (χ0n) is 11.7. The fraction of sp³-hybridized carbons (Fsp3) is 0.0625. The van der Waals surface area contributed by atoms with Crippen LogP contribution in [0.3, 0.4) is 0 Å². The zero-order chi connectivity index (χ0) is 16.1. The standard InChI is InChI=1S/C16H13NO5/c1-22-14-4-2-10(3-5-14)9-17-13-7-11(15(18)19)6-12(8-13)16(20)21/h2-9H,1H3,(H,18,19)(H,20,21). The highest BCUT2D eigenvalue weighted by Gasteiger charge is 2.10. The molecule has 0 radical (unpaired) electrons. The summed E-state index contributed by atoms with van der Waals surface area (Å²) < 4.78 is 5.04. The molecule has 0 aliphatic carbocycles. The molecule has 0 unspecified atom stereocenters. The van der Waals surface area contributed by atoms with Gasteiger partial charge in [-0.2, -0.15) is 0 Å². The van der Waals surface area contributed by atoms with Crippen LogP contribution in [0.2, 0.25) is 0 Å². The first kappa shape index (κ1) is 15.2. The predicted octanol–water partition coefficient (Wildman–Crippen LogP) is 2.84. The van der Waals surface area contributed by atoms with Gasteiger partial charge in [-0.1, -0.05) is 0 Å². The predicted molar refractivity (Wildman–Crippen MR) is 80.6 cm³/mol. The molecule has 0 spiro atoms. The molecule has 22 heavy (non-hydrogen) atoms. The molecule has 6 nitrogen and oxygen atoms in total. The van der Waals surface area contributed by atoms with Crippen molar-refractivity contribution in [3.05, 3.63) is 59.2 Å². The highest BCUT2D eigenvalue weighted by molar-refractivity contribution is 5.95. The van der Waals surface area contributed by atoms with Crippen molar-refractivity contribution in [1.29, 1.82) is 0 Å². The Morgan fingerprint density at radius 2 is 1.55 bits per heavy atom. The molecule has 2 N–H and O–H groups in total. The van der Waals surface area contributed by atoms with Crippen molar-refractivity contribution in [3.8, 4) is 5.75 Å². The molecule has 0 amide bonds. The van der Waals surface area contributed by atoms with Gasteiger partial charge in [0.1, 0.15) is 5.75 Å². The molecule has 0 atom stereocenters. The number of carbonyl (C=O) groups is 2. The summed E-state index contributed by atoms with van der Waals surface area (Å²) in [6.07, 6.45) is 1.52. The average molecular weight is 299 g/mol. The molecule has 112 valence electrons. The van der Waals surface area contributed by atoms with E-state index >= 15 is 0 Å². The molecule has 0 saturated carbocycles. The van der Waals surface area contributed by atoms with Crippen molar-refractivity contribution in [1.82, 2.24) is 0 Å². The fourth-order valence-electron chi connectivity index (χ4n) is 1.77. The smallest absolute Gasteiger partial charge is 0.335 e. The molecule has 0 aliphatic heterocycles. The summed E-state index contributed by atoms with van der Waals surface area (Å²) >= 11 is 0. The van der Waals surface area contributed by atoms with E-state index in [9.17, 15) is 9.59 Å². The number of aromatic carboxylic acids is 2. The molecule has 2 aromatic rings. The lowest BCUT2D eigenvalue weighted by atomic mass is 10.1. The lowest BCUT2D eigenvalue weighted by Crippen LogP contribution is -2.01. The third-order valence-corrected chi connectivity index (χ3v) is 2.89. The van der Waals surface area contributed by atoms with Gasteiger partial charge < -0.3 is 14.9 Å². The number of carboxylic acid groups (broad SMARTS) is 2. The van der Waals surface area contributed by atoms with Crippen LogP contribution in [0.1, 0.15) is 26.3 Å². The normalized spacial score (nSPS) is 10.6. The van der Waals surface area contributed by atoms with Gasteiger partial charge in [-0.25, -0.2) is 9.59 Å². The maximum absolute atomic E-state index is 11.0. The number of carboxylic acids is 2. The molecule has 0 heterocycles. The van der Waals surface area contributed by atoms with Crippen molar-refractivity contribution >= 4 is 23.8 Å². The molecular formula is C16H13NO5. The fourth-order valence-corrected chi connectivity index (χ4v) is 1.77. The van der Waals surface area contributed by atoms with Crippen molar-refractivity contribution in [3.63, 3.8) is 0 Å². The van der Waals surface area contributed by atoms with Gasteiger partial charge >= 0.3 is 11.9 Å². The number of methoxy groups -OCH3 is 1. The van der Waals surface area contributed by atoms with E-state index in [2.05, 4.69) is 4.99 Å². The van der Waals surface area contributed by atoms with Crippen LogP contribution in [0.4, 0.5) is 5.69 Å². The van der Waals surface area contributed by atoms with E-state index in [0.717, 1.165) is 11.6 Å². The summed E-state index contributed by atoms with van der Waals surface area (Å²) in [4.78, 5) is 26.2. The number of benzene rings is 2. The summed E-state index contributed by atoms with van der Waals surface area (Å²) in [5.74, 6) is -1.70. The van der Waals surface area contributed by atoms with Crippen LogP contribution in [-0.4, -0.2) is 35.5 Å². The highest BCUT2D eigenvalue weighted by atomic mass is 16.5. The van der Waals surface area contributed by atoms with Crippen LogP contribution in [0, 0.1) is 0 Å². The molecule has 2 rings (SSSR count). The number of aliphatic imine (C=N–C) groups is 1. The van der Waals surface area contributed by atoms with E-state index in [4.69, 9.17) is 14.9 Å². The van der Waals surface area contributed by atoms with Crippen molar-refractivity contribution in [2.75, 3.05) is 7.11 Å². The highest BCUT2D eigenvalue weighted by Crippen LogP contribution is 2.19. The Bertz CT molecular complexity index is 702. The summed E-state index contributed by atoms with van der Waals surface area (Å²) in [6, 6.07) is 10.8. The molecule has 0 saturated heterocycles. The van der Waals surface area contributed by atoms with E-state index in [0.29, 0.717) is 5.75 Å². The minimum atomic E-state index is -1.20. The summed E-state index contributed by atoms with van der Waals surface area (Å²) in [5.41, 5.74) is 0.787. The van der Waals surface area contributed by atoms with E-state index in [-0.39, 0.29) is 16.8 Å². The van der Waals surface area contributed by atoms with Crippen LogP contribution >= 0.6 is 0 Å². The minimum Gasteiger partial charge on any atom is -0.497 e. The maximum Gasteiger partial charge on any atom is 0.335 e. The largest absolute Gasteiger partial charge is 0.497 e. The summed E-state index contributed by atoms with van der Waals surface area (Å²) in [7, 11) is 1.56. The number of rotatable bonds is 5. The van der Waals surface area contributed by atoms with Crippen LogP contribution in [0.15, 0.2) is 47.5 Å². The first-order chi connectivity index (χ1) is 10.5. The van der Waals surface area contributed by atoms with Crippen LogP contribution in [0.25, 0.3) is 0 Å². The van der Waals surface area contributed by atoms with E-state index in [1.54, 1.807) is 31.4 Å². The lowest BCUT2D eigenvalue weighted by molar-refractivity contribution is 0.0696. The monoisotopic (exact) mass is 299 g/mol. The van der Waals surface area contributed by atoms with Crippen molar-refractivity contribution < 1.29 is 24.5 Å². The second-order valence-corrected chi connectivity index (χ2v) is 4.41. The van der Waals surface area contributed by atoms with Gasteiger partial charge in [0.25, 0.3) is 0 Å². The van der Waals surface area contributed by atoms with Gasteiger partial charge in [-0.05, 0) is 48.0 Å². The van der Waals surface area contributed by atoms with Crippen LogP contribution in [0.5, 0.6) is 5.75 Å². The van der Waals surface area contributed by atoms with Gasteiger partial charge in [-0.15, -0.1) is 0 Å². The molecule has 0 aliphatic rings. The summed E-state index contributed by atoms with van der Waals surface area (Å²) in [6.45, 7) is 0. The Labute approximate surface area is 126 Å². The van der Waals surface area contributed by atoms with Crippen molar-refractivity contribution in [2.45, 2.75) is 0 Å². The number of hydrogen-bond donors (Lipinski definition) is 2. The third-order valence-electron chi connectivity index (χ3n) is 2.89. The topological polar surface area (TPSA) is 96.2 Å². The number of nitrogens with zero attached hydrogens (tertiary/aromatic N) is 1. The third kappa shape index (κ3) is 3.69. The Morgan fingerprint density at radius 1 is 1.00 bits per heavy atom. The Kier molecular flexibility index (Phi) is 4.53. The Hall–Kier alpha value is -3.15. The Morgan fingerprint density at radius 3 is 2.00 bits per heavy atom. The first-order valence-corrected chi connectivity index (χ1v) is 6.29. The first-order valence-electron chi connectivity index (χ1n) is 6.29. The van der Waals surface area contributed by atoms with Gasteiger partial charge in [0, 0.05) is 6.21 Å². The Balaban J connectivity index is 2.32. The average Bonchev–Trinajstić information content (AvgIpc) is 2.53. The summed E-state index contributed by atoms with van der Waals surface area (Å²) in [5, 5.41) is 18.0. The molecule has 0 aromatic heterocycles. The minimum absolute atomic E-state index is 0.123. The second kappa shape index (κ2) is 6.53. The van der Waals surface area contributed by atoms with Crippen LogP contribution in [-0.2, 0) is 0 Å². The van der Waals surface area contributed by atoms with E-state index in [1.165, 1.54) is 18.3 Å². The number of ether oxygens (including phenoxy) is 1. The molecule has 6 heteroatoms. The molecular weight excluding hydrogens is 286 g/mol. The SMILES string of the molecule is COc1ccc(C=Nc2cc(C(=O)O)cc(C(=O)O)c2)cc1. The molecule has 2 aromatic carbocycles. The van der Waals surface area contributed by atoms with Gasteiger partial charge in [0.05, 0.1) is 23.9 Å². The van der Waals surface area contributed by atoms with Crippen molar-refractivity contribution in [2.24, 2.45) is 4.99 Å². The molecule has 0 fully saturated rings. The quantitative estimate of drug-likeness (QED) is 0.827. The van der Waals surface area contributed by atoms with E-state index < -0.39 is 11.9 Å².